The number of benzene rings is 1. The second-order valence-electron chi connectivity index (χ2n) is 5.78. The predicted molar refractivity (Wildman–Crippen MR) is 89.7 cm³/mol. The molecular formula is C16H20N3O4S+. The van der Waals surface area contributed by atoms with E-state index in [0.29, 0.717) is 25.6 Å². The van der Waals surface area contributed by atoms with Crippen LogP contribution in [0.1, 0.15) is 6.42 Å². The number of imide groups is 1. The fraction of sp³-hybridized carbons (Fsp3) is 0.438. The first-order chi connectivity index (χ1) is 11.6. The van der Waals surface area contributed by atoms with Gasteiger partial charge in [-0.15, -0.1) is 0 Å². The largest absolute Gasteiger partial charge is 0.370 e. The minimum Gasteiger partial charge on any atom is -0.370 e. The summed E-state index contributed by atoms with van der Waals surface area (Å²) in [4.78, 5) is 39.0. The Bertz CT molecular complexity index is 619. The van der Waals surface area contributed by atoms with Crippen molar-refractivity contribution in [2.45, 2.75) is 11.7 Å². The first-order valence-corrected chi connectivity index (χ1v) is 8.79. The van der Waals surface area contributed by atoms with Crippen molar-refractivity contribution in [3.05, 3.63) is 30.3 Å². The van der Waals surface area contributed by atoms with Gasteiger partial charge in [-0.3, -0.25) is 14.4 Å². The van der Waals surface area contributed by atoms with Crippen molar-refractivity contribution in [1.29, 1.82) is 0 Å². The number of anilines is 1. The summed E-state index contributed by atoms with van der Waals surface area (Å²) in [5, 5.41) is 1.84. The summed E-state index contributed by atoms with van der Waals surface area (Å²) >= 11 is 0.941. The zero-order chi connectivity index (χ0) is 16.9. The van der Waals surface area contributed by atoms with Gasteiger partial charge in [-0.1, -0.05) is 30.0 Å². The van der Waals surface area contributed by atoms with E-state index in [1.807, 2.05) is 18.2 Å². The van der Waals surface area contributed by atoms with Crippen molar-refractivity contribution in [3.63, 3.8) is 0 Å². The molecule has 2 saturated heterocycles. The smallest absolute Gasteiger partial charge is 0.293 e. The standard InChI is InChI=1S/C16H19N3O4S/c20-14(17-12-4-2-1-3-5-12)10-13-15(21)19(16(22)24-13)11-18-6-8-23-9-7-18/h1-5,13H,6-11H2,(H,17,20)/p+1/t13-/m0/s1. The van der Waals surface area contributed by atoms with Gasteiger partial charge in [-0.25, -0.2) is 4.90 Å². The SMILES string of the molecule is O=C(C[C@@H]1SC(=O)N(C[NH+]2CCOCC2)C1=O)Nc1ccccc1. The molecule has 1 aromatic rings. The zero-order valence-electron chi connectivity index (χ0n) is 13.2. The van der Waals surface area contributed by atoms with Crippen molar-refractivity contribution in [1.82, 2.24) is 4.90 Å². The summed E-state index contributed by atoms with van der Waals surface area (Å²) in [5.74, 6) is -0.535. The number of amides is 3. The fourth-order valence-corrected chi connectivity index (χ4v) is 3.70. The zero-order valence-corrected chi connectivity index (χ0v) is 14.0. The van der Waals surface area contributed by atoms with Gasteiger partial charge >= 0.3 is 0 Å². The number of para-hydroxylation sites is 1. The van der Waals surface area contributed by atoms with Gasteiger partial charge < -0.3 is 15.0 Å². The van der Waals surface area contributed by atoms with Crippen LogP contribution in [0, 0.1) is 0 Å². The number of hydrogen-bond acceptors (Lipinski definition) is 5. The lowest BCUT2D eigenvalue weighted by Crippen LogP contribution is -3.15. The fourth-order valence-electron chi connectivity index (χ4n) is 2.71. The maximum Gasteiger partial charge on any atom is 0.293 e. The highest BCUT2D eigenvalue weighted by atomic mass is 32.2. The Morgan fingerprint density at radius 3 is 2.67 bits per heavy atom. The van der Waals surface area contributed by atoms with Gasteiger partial charge in [0.15, 0.2) is 6.67 Å². The van der Waals surface area contributed by atoms with Crippen molar-refractivity contribution < 1.29 is 24.0 Å². The Hall–Kier alpha value is -1.90. The average molecular weight is 350 g/mol. The molecule has 1 aromatic carbocycles. The molecular weight excluding hydrogens is 330 g/mol. The van der Waals surface area contributed by atoms with E-state index in [0.717, 1.165) is 29.8 Å². The molecule has 128 valence electrons. The lowest BCUT2D eigenvalue weighted by atomic mass is 10.2. The Kier molecular flexibility index (Phi) is 5.49. The highest BCUT2D eigenvalue weighted by Gasteiger charge is 2.42. The molecule has 3 rings (SSSR count). The molecule has 2 heterocycles. The van der Waals surface area contributed by atoms with E-state index in [1.54, 1.807) is 12.1 Å². The number of hydrogen-bond donors (Lipinski definition) is 2. The van der Waals surface area contributed by atoms with Gasteiger partial charge in [0.2, 0.25) is 11.8 Å². The summed E-state index contributed by atoms with van der Waals surface area (Å²) in [6, 6.07) is 9.06. The Morgan fingerprint density at radius 1 is 1.25 bits per heavy atom. The predicted octanol–water partition coefficient (Wildman–Crippen LogP) is -0.0482. The van der Waals surface area contributed by atoms with E-state index in [9.17, 15) is 14.4 Å². The summed E-state index contributed by atoms with van der Waals surface area (Å²) in [6.45, 7) is 3.19. The molecule has 2 aliphatic rings. The van der Waals surface area contributed by atoms with E-state index >= 15 is 0 Å². The summed E-state index contributed by atoms with van der Waals surface area (Å²) in [5.41, 5.74) is 0.680. The number of morpholine rings is 1. The number of nitrogens with zero attached hydrogens (tertiary/aromatic N) is 1. The van der Waals surface area contributed by atoms with E-state index in [1.165, 1.54) is 4.90 Å². The van der Waals surface area contributed by atoms with Crippen LogP contribution in [0.4, 0.5) is 10.5 Å². The van der Waals surface area contributed by atoms with Crippen molar-refractivity contribution >= 4 is 34.5 Å². The molecule has 2 aliphatic heterocycles. The maximum atomic E-state index is 12.4. The molecule has 0 radical (unpaired) electrons. The molecule has 0 saturated carbocycles. The highest BCUT2D eigenvalue weighted by Crippen LogP contribution is 2.28. The Morgan fingerprint density at radius 2 is 1.96 bits per heavy atom. The van der Waals surface area contributed by atoms with Gasteiger partial charge in [-0.05, 0) is 12.1 Å². The van der Waals surface area contributed by atoms with Crippen LogP contribution in [0.2, 0.25) is 0 Å². The van der Waals surface area contributed by atoms with Crippen LogP contribution >= 0.6 is 11.8 Å². The quantitative estimate of drug-likeness (QED) is 0.778. The minimum atomic E-state index is -0.637. The average Bonchev–Trinajstić information content (AvgIpc) is 2.84. The Labute approximate surface area is 144 Å². The number of rotatable bonds is 5. The van der Waals surface area contributed by atoms with Crippen LogP contribution < -0.4 is 10.2 Å². The molecule has 0 spiro atoms. The molecule has 8 heteroatoms. The number of thioether (sulfide) groups is 1. The summed E-state index contributed by atoms with van der Waals surface area (Å²) in [6.07, 6.45) is -0.000914. The van der Waals surface area contributed by atoms with Gasteiger partial charge in [-0.2, -0.15) is 0 Å². The first-order valence-electron chi connectivity index (χ1n) is 7.91. The number of nitrogens with one attached hydrogen (secondary N) is 2. The van der Waals surface area contributed by atoms with E-state index < -0.39 is 5.25 Å². The third-order valence-corrected chi connectivity index (χ3v) is 5.09. The van der Waals surface area contributed by atoms with E-state index in [2.05, 4.69) is 5.32 Å². The third-order valence-electron chi connectivity index (χ3n) is 4.01. The third kappa shape index (κ3) is 4.14. The normalized spacial score (nSPS) is 22.0. The van der Waals surface area contributed by atoms with Crippen LogP contribution in [0.25, 0.3) is 0 Å². The van der Waals surface area contributed by atoms with Crippen LogP contribution in [0.5, 0.6) is 0 Å². The Balaban J connectivity index is 1.54. The van der Waals surface area contributed by atoms with Gasteiger partial charge in [0.1, 0.15) is 18.3 Å². The van der Waals surface area contributed by atoms with Crippen LogP contribution in [0.15, 0.2) is 30.3 Å². The van der Waals surface area contributed by atoms with Crippen molar-refractivity contribution in [3.8, 4) is 0 Å². The van der Waals surface area contributed by atoms with E-state index in [4.69, 9.17) is 4.74 Å². The van der Waals surface area contributed by atoms with Crippen LogP contribution in [0.3, 0.4) is 0 Å². The van der Waals surface area contributed by atoms with Crippen LogP contribution in [-0.4, -0.2) is 60.2 Å². The first kappa shape index (κ1) is 16.9. The molecule has 2 fully saturated rings. The highest BCUT2D eigenvalue weighted by molar-refractivity contribution is 8.15. The molecule has 0 bridgehead atoms. The number of ether oxygens (including phenoxy) is 1. The van der Waals surface area contributed by atoms with Crippen molar-refractivity contribution in [2.24, 2.45) is 0 Å². The number of quaternary nitrogens is 1. The molecule has 24 heavy (non-hydrogen) atoms. The molecule has 0 aliphatic carbocycles. The monoisotopic (exact) mass is 350 g/mol. The molecule has 0 unspecified atom stereocenters. The van der Waals surface area contributed by atoms with Gasteiger partial charge in [0, 0.05) is 12.1 Å². The lowest BCUT2D eigenvalue weighted by Gasteiger charge is -2.26. The number of carbonyl (C=O) groups is 3. The maximum absolute atomic E-state index is 12.4. The van der Waals surface area contributed by atoms with Gasteiger partial charge in [0.05, 0.1) is 13.2 Å². The summed E-state index contributed by atoms with van der Waals surface area (Å²) in [7, 11) is 0. The van der Waals surface area contributed by atoms with Crippen molar-refractivity contribution in [2.75, 3.05) is 38.3 Å². The molecule has 2 N–H and O–H groups in total. The van der Waals surface area contributed by atoms with Crippen LogP contribution in [-0.2, 0) is 14.3 Å². The second-order valence-corrected chi connectivity index (χ2v) is 6.93. The summed E-state index contributed by atoms with van der Waals surface area (Å²) < 4.78 is 5.28. The second kappa shape index (κ2) is 7.78. The lowest BCUT2D eigenvalue weighted by molar-refractivity contribution is -0.915. The van der Waals surface area contributed by atoms with E-state index in [-0.39, 0.29) is 23.5 Å². The number of carbonyl (C=O) groups excluding carboxylic acids is 3. The molecule has 3 amide bonds. The molecule has 0 aromatic heterocycles. The topological polar surface area (TPSA) is 80.2 Å². The van der Waals surface area contributed by atoms with Gasteiger partial charge in [0.25, 0.3) is 5.24 Å². The molecule has 1 atom stereocenters. The minimum absolute atomic E-state index is 0.000914. The molecule has 7 nitrogen and oxygen atoms in total.